The van der Waals surface area contributed by atoms with E-state index in [-0.39, 0.29) is 0 Å². The van der Waals surface area contributed by atoms with E-state index in [9.17, 15) is 0 Å². The first-order valence-corrected chi connectivity index (χ1v) is 6.99. The Kier molecular flexibility index (Phi) is 2.94. The largest absolute Gasteiger partial charge is 0.309 e. The highest BCUT2D eigenvalue weighted by Gasteiger charge is 2.24. The molecule has 17 heavy (non-hydrogen) atoms. The van der Waals surface area contributed by atoms with Gasteiger partial charge in [0, 0.05) is 16.1 Å². The maximum atomic E-state index is 6.01. The van der Waals surface area contributed by atoms with E-state index < -0.39 is 0 Å². The van der Waals surface area contributed by atoms with E-state index in [1.165, 1.54) is 16.9 Å². The second-order valence-electron chi connectivity index (χ2n) is 4.36. The summed E-state index contributed by atoms with van der Waals surface area (Å²) < 4.78 is 0.825. The maximum absolute atomic E-state index is 6.01. The summed E-state index contributed by atoms with van der Waals surface area (Å²) in [6.07, 6.45) is 2.39. The number of aromatic amines is 1. The molecule has 1 saturated heterocycles. The van der Waals surface area contributed by atoms with Crippen molar-refractivity contribution in [1.82, 2.24) is 15.5 Å². The Morgan fingerprint density at radius 1 is 1.47 bits per heavy atom. The molecule has 1 atom stereocenters. The molecule has 0 radical (unpaired) electrons. The normalized spacial score (nSPS) is 20.0. The van der Waals surface area contributed by atoms with Gasteiger partial charge in [-0.1, -0.05) is 11.6 Å². The lowest BCUT2D eigenvalue weighted by molar-refractivity contribution is 0.626. The number of thiophene rings is 1. The topological polar surface area (TPSA) is 40.7 Å². The molecule has 1 aliphatic rings. The van der Waals surface area contributed by atoms with Crippen LogP contribution in [0.4, 0.5) is 0 Å². The Hall–Kier alpha value is -0.840. The van der Waals surface area contributed by atoms with Crippen LogP contribution in [0.1, 0.15) is 30.3 Å². The molecule has 2 N–H and O–H groups in total. The van der Waals surface area contributed by atoms with Crippen molar-refractivity contribution in [3.05, 3.63) is 27.9 Å². The molecular weight excluding hydrogens is 254 g/mol. The Morgan fingerprint density at radius 2 is 2.35 bits per heavy atom. The monoisotopic (exact) mass is 267 g/mol. The molecule has 3 nitrogen and oxygen atoms in total. The summed E-state index contributed by atoms with van der Waals surface area (Å²) in [6.45, 7) is 3.15. The van der Waals surface area contributed by atoms with Gasteiger partial charge in [-0.25, -0.2) is 0 Å². The van der Waals surface area contributed by atoms with Crippen LogP contribution in [0.5, 0.6) is 0 Å². The van der Waals surface area contributed by atoms with Crippen molar-refractivity contribution in [1.29, 1.82) is 0 Å². The van der Waals surface area contributed by atoms with Gasteiger partial charge in [0.15, 0.2) is 0 Å². The summed E-state index contributed by atoms with van der Waals surface area (Å²) >= 11 is 7.62. The minimum absolute atomic E-state index is 0.385. The number of rotatable bonds is 2. The zero-order valence-corrected chi connectivity index (χ0v) is 11.2. The van der Waals surface area contributed by atoms with Crippen LogP contribution < -0.4 is 5.32 Å². The van der Waals surface area contributed by atoms with Crippen LogP contribution in [0.2, 0.25) is 4.34 Å². The van der Waals surface area contributed by atoms with Gasteiger partial charge in [0.05, 0.1) is 16.1 Å². The van der Waals surface area contributed by atoms with Gasteiger partial charge in [-0.15, -0.1) is 11.3 Å². The van der Waals surface area contributed by atoms with Gasteiger partial charge in [-0.05, 0) is 38.4 Å². The van der Waals surface area contributed by atoms with Gasteiger partial charge in [0.1, 0.15) is 0 Å². The van der Waals surface area contributed by atoms with E-state index in [0.717, 1.165) is 28.7 Å². The lowest BCUT2D eigenvalue weighted by Crippen LogP contribution is -2.13. The van der Waals surface area contributed by atoms with Gasteiger partial charge in [-0.2, -0.15) is 5.10 Å². The van der Waals surface area contributed by atoms with E-state index in [1.54, 1.807) is 11.3 Å². The van der Waals surface area contributed by atoms with Crippen molar-refractivity contribution in [2.75, 3.05) is 6.54 Å². The third kappa shape index (κ3) is 2.01. The van der Waals surface area contributed by atoms with Crippen LogP contribution in [-0.2, 0) is 0 Å². The van der Waals surface area contributed by atoms with Crippen molar-refractivity contribution in [3.63, 3.8) is 0 Å². The standard InChI is InChI=1S/C12H14ClN3S/c1-7-11(9-4-5-10(13)17-9)12(16-15-7)8-3-2-6-14-8/h4-5,8,14H,2-3,6H2,1H3,(H,15,16). The Labute approximate surface area is 109 Å². The van der Waals surface area contributed by atoms with Crippen LogP contribution in [0.3, 0.4) is 0 Å². The first kappa shape index (κ1) is 11.3. The molecular formula is C12H14ClN3S. The molecule has 1 unspecified atom stereocenters. The third-order valence-electron chi connectivity index (χ3n) is 3.19. The van der Waals surface area contributed by atoms with Gasteiger partial charge in [0.2, 0.25) is 0 Å². The van der Waals surface area contributed by atoms with Crippen LogP contribution in [-0.4, -0.2) is 16.7 Å². The zero-order chi connectivity index (χ0) is 11.8. The molecule has 3 rings (SSSR count). The third-order valence-corrected chi connectivity index (χ3v) is 4.43. The molecule has 0 amide bonds. The molecule has 1 fully saturated rings. The molecule has 0 spiro atoms. The van der Waals surface area contributed by atoms with Crippen molar-refractivity contribution in [2.45, 2.75) is 25.8 Å². The highest BCUT2D eigenvalue weighted by Crippen LogP contribution is 2.38. The molecule has 0 aromatic carbocycles. The molecule has 2 aromatic heterocycles. The quantitative estimate of drug-likeness (QED) is 0.874. The fraction of sp³-hybridized carbons (Fsp3) is 0.417. The van der Waals surface area contributed by atoms with E-state index >= 15 is 0 Å². The van der Waals surface area contributed by atoms with Crippen LogP contribution in [0.15, 0.2) is 12.1 Å². The summed E-state index contributed by atoms with van der Waals surface area (Å²) in [5, 5.41) is 11.0. The van der Waals surface area contributed by atoms with Crippen LogP contribution in [0, 0.1) is 6.92 Å². The molecule has 0 bridgehead atoms. The highest BCUT2D eigenvalue weighted by atomic mass is 35.5. The smallest absolute Gasteiger partial charge is 0.0934 e. The van der Waals surface area contributed by atoms with E-state index in [2.05, 4.69) is 28.5 Å². The molecule has 0 saturated carbocycles. The summed E-state index contributed by atoms with van der Waals surface area (Å²) in [7, 11) is 0. The fourth-order valence-corrected chi connectivity index (χ4v) is 3.53. The van der Waals surface area contributed by atoms with Crippen LogP contribution in [0.25, 0.3) is 10.4 Å². The number of hydrogen-bond donors (Lipinski definition) is 2. The van der Waals surface area contributed by atoms with E-state index in [4.69, 9.17) is 11.6 Å². The number of aromatic nitrogens is 2. The van der Waals surface area contributed by atoms with E-state index in [0.29, 0.717) is 6.04 Å². The average Bonchev–Trinajstić information content (AvgIpc) is 2.97. The average molecular weight is 268 g/mol. The second kappa shape index (κ2) is 4.44. The van der Waals surface area contributed by atoms with Crippen molar-refractivity contribution in [3.8, 4) is 10.4 Å². The lowest BCUT2D eigenvalue weighted by atomic mass is 10.0. The summed E-state index contributed by atoms with van der Waals surface area (Å²) in [5.74, 6) is 0. The van der Waals surface area contributed by atoms with Crippen molar-refractivity contribution < 1.29 is 0 Å². The van der Waals surface area contributed by atoms with Gasteiger partial charge in [0.25, 0.3) is 0 Å². The van der Waals surface area contributed by atoms with Gasteiger partial charge < -0.3 is 5.32 Å². The number of H-pyrrole nitrogens is 1. The van der Waals surface area contributed by atoms with Crippen molar-refractivity contribution in [2.24, 2.45) is 0 Å². The summed E-state index contributed by atoms with van der Waals surface area (Å²) in [4.78, 5) is 1.20. The molecule has 2 aromatic rings. The van der Waals surface area contributed by atoms with Gasteiger partial charge >= 0.3 is 0 Å². The first-order valence-electron chi connectivity index (χ1n) is 5.79. The van der Waals surface area contributed by atoms with Crippen molar-refractivity contribution >= 4 is 22.9 Å². The number of halogens is 1. The van der Waals surface area contributed by atoms with Gasteiger partial charge in [-0.3, -0.25) is 5.10 Å². The molecule has 0 aliphatic carbocycles. The predicted molar refractivity (Wildman–Crippen MR) is 71.6 cm³/mol. The number of aryl methyl sites for hydroxylation is 1. The number of nitrogens with one attached hydrogen (secondary N) is 2. The van der Waals surface area contributed by atoms with E-state index in [1.807, 2.05) is 6.07 Å². The maximum Gasteiger partial charge on any atom is 0.0934 e. The minimum Gasteiger partial charge on any atom is -0.309 e. The first-order chi connectivity index (χ1) is 8.25. The Bertz CT molecular complexity index is 526. The Balaban J connectivity index is 2.05. The number of hydrogen-bond acceptors (Lipinski definition) is 3. The molecule has 3 heterocycles. The summed E-state index contributed by atoms with van der Waals surface area (Å²) in [6, 6.07) is 4.40. The molecule has 1 aliphatic heterocycles. The number of nitrogens with zero attached hydrogens (tertiary/aromatic N) is 1. The zero-order valence-electron chi connectivity index (χ0n) is 9.59. The highest BCUT2D eigenvalue weighted by molar-refractivity contribution is 7.19. The minimum atomic E-state index is 0.385. The Morgan fingerprint density at radius 3 is 3.00 bits per heavy atom. The second-order valence-corrected chi connectivity index (χ2v) is 6.08. The summed E-state index contributed by atoms with van der Waals surface area (Å²) in [5.41, 5.74) is 3.48. The predicted octanol–water partition coefficient (Wildman–Crippen LogP) is 3.52. The SMILES string of the molecule is Cc1[nH]nc(C2CCCN2)c1-c1ccc(Cl)s1. The lowest BCUT2D eigenvalue weighted by Gasteiger charge is -2.09. The fourth-order valence-electron chi connectivity index (χ4n) is 2.38. The molecule has 5 heteroatoms. The molecule has 90 valence electrons. The van der Waals surface area contributed by atoms with Crippen LogP contribution >= 0.6 is 22.9 Å².